The molecule has 5 nitrogen and oxygen atoms in total. The second kappa shape index (κ2) is 7.59. The molecule has 2 aliphatic heterocycles. The molecule has 0 radical (unpaired) electrons. The second-order valence-corrected chi connectivity index (χ2v) is 8.27. The number of fused-ring (bicyclic) bond motifs is 1. The van der Waals surface area contributed by atoms with Crippen molar-refractivity contribution in [2.45, 2.75) is 25.2 Å². The Bertz CT molecular complexity index is 1080. The number of nitrogens with one attached hydrogen (secondary N) is 1. The lowest BCUT2D eigenvalue weighted by Crippen LogP contribution is -2.42. The molecule has 1 N–H and O–H groups in total. The minimum absolute atomic E-state index is 0.0605. The van der Waals surface area contributed by atoms with Crippen molar-refractivity contribution >= 4 is 28.4 Å². The SMILES string of the molecule is O=C([C@@H]1CC(=O)N(c2ccc(F)cc2)C1)N1CCC(c2c[nH]c3ccccc23)CC1. The monoisotopic (exact) mass is 405 g/mol. The molecule has 2 fully saturated rings. The molecule has 6 heteroatoms. The average molecular weight is 405 g/mol. The number of halogens is 1. The molecule has 0 saturated carbocycles. The van der Waals surface area contributed by atoms with Crippen molar-refractivity contribution in [3.05, 3.63) is 66.1 Å². The van der Waals surface area contributed by atoms with Crippen LogP contribution in [-0.2, 0) is 9.59 Å². The standard InChI is InChI=1S/C24H24FN3O2/c25-18-5-7-19(8-6-18)28-15-17(13-23(28)29)24(30)27-11-9-16(10-12-27)21-14-26-22-4-2-1-3-20(21)22/h1-8,14,16-17,26H,9-13,15H2/t17-/m1/s1. The van der Waals surface area contributed by atoms with Crippen LogP contribution in [0.4, 0.5) is 10.1 Å². The summed E-state index contributed by atoms with van der Waals surface area (Å²) >= 11 is 0. The number of para-hydroxylation sites is 1. The van der Waals surface area contributed by atoms with Gasteiger partial charge < -0.3 is 14.8 Å². The Morgan fingerprint density at radius 1 is 1.03 bits per heavy atom. The van der Waals surface area contributed by atoms with E-state index in [1.807, 2.05) is 11.0 Å². The molecule has 0 bridgehead atoms. The van der Waals surface area contributed by atoms with Crippen molar-refractivity contribution in [2.24, 2.45) is 5.92 Å². The number of aromatic amines is 1. The van der Waals surface area contributed by atoms with E-state index in [-0.39, 0.29) is 30.0 Å². The van der Waals surface area contributed by atoms with Crippen molar-refractivity contribution in [1.29, 1.82) is 0 Å². The molecule has 154 valence electrons. The Balaban J connectivity index is 1.23. The number of likely N-dealkylation sites (tertiary alicyclic amines) is 1. The van der Waals surface area contributed by atoms with Gasteiger partial charge in [-0.05, 0) is 54.7 Å². The van der Waals surface area contributed by atoms with E-state index in [4.69, 9.17) is 0 Å². The molecule has 2 saturated heterocycles. The van der Waals surface area contributed by atoms with Gasteiger partial charge in [-0.3, -0.25) is 9.59 Å². The van der Waals surface area contributed by atoms with Gasteiger partial charge in [-0.1, -0.05) is 18.2 Å². The van der Waals surface area contributed by atoms with E-state index in [1.165, 1.54) is 23.1 Å². The number of piperidine rings is 1. The van der Waals surface area contributed by atoms with Gasteiger partial charge in [0.25, 0.3) is 0 Å². The second-order valence-electron chi connectivity index (χ2n) is 8.27. The van der Waals surface area contributed by atoms with E-state index >= 15 is 0 Å². The fraction of sp³-hybridized carbons (Fsp3) is 0.333. The minimum atomic E-state index is -0.337. The smallest absolute Gasteiger partial charge is 0.228 e. The highest BCUT2D eigenvalue weighted by Crippen LogP contribution is 2.34. The zero-order chi connectivity index (χ0) is 20.7. The number of amides is 2. The fourth-order valence-electron chi connectivity index (χ4n) is 4.84. The van der Waals surface area contributed by atoms with Crippen molar-refractivity contribution < 1.29 is 14.0 Å². The molecule has 30 heavy (non-hydrogen) atoms. The molecule has 0 aliphatic carbocycles. The van der Waals surface area contributed by atoms with Gasteiger partial charge in [0.2, 0.25) is 11.8 Å². The van der Waals surface area contributed by atoms with Crippen LogP contribution in [-0.4, -0.2) is 41.3 Å². The predicted molar refractivity (Wildman–Crippen MR) is 114 cm³/mol. The summed E-state index contributed by atoms with van der Waals surface area (Å²) < 4.78 is 13.2. The number of carbonyl (C=O) groups is 2. The summed E-state index contributed by atoms with van der Waals surface area (Å²) in [7, 11) is 0. The predicted octanol–water partition coefficient (Wildman–Crippen LogP) is 4.07. The number of carbonyl (C=O) groups excluding carboxylic acids is 2. The molecule has 0 unspecified atom stereocenters. The van der Waals surface area contributed by atoms with Gasteiger partial charge in [0.15, 0.2) is 0 Å². The Morgan fingerprint density at radius 2 is 1.77 bits per heavy atom. The van der Waals surface area contributed by atoms with E-state index in [2.05, 4.69) is 29.4 Å². The van der Waals surface area contributed by atoms with Gasteiger partial charge >= 0.3 is 0 Å². The quantitative estimate of drug-likeness (QED) is 0.714. The normalized spacial score (nSPS) is 20.3. The maximum absolute atomic E-state index is 13.2. The van der Waals surface area contributed by atoms with Gasteiger partial charge in [-0.25, -0.2) is 4.39 Å². The number of benzene rings is 2. The van der Waals surface area contributed by atoms with Gasteiger partial charge in [0.1, 0.15) is 5.82 Å². The maximum Gasteiger partial charge on any atom is 0.228 e. The number of hydrogen-bond donors (Lipinski definition) is 1. The highest BCUT2D eigenvalue weighted by atomic mass is 19.1. The summed E-state index contributed by atoms with van der Waals surface area (Å²) in [6.07, 6.45) is 4.17. The Labute approximate surface area is 174 Å². The number of H-pyrrole nitrogens is 1. The van der Waals surface area contributed by atoms with Crippen molar-refractivity contribution in [2.75, 3.05) is 24.5 Å². The van der Waals surface area contributed by atoms with Crippen LogP contribution in [0.1, 0.15) is 30.7 Å². The zero-order valence-electron chi connectivity index (χ0n) is 16.7. The Kier molecular flexibility index (Phi) is 4.77. The lowest BCUT2D eigenvalue weighted by molar-refractivity contribution is -0.136. The third kappa shape index (κ3) is 3.36. The summed E-state index contributed by atoms with van der Waals surface area (Å²) in [4.78, 5) is 32.4. The van der Waals surface area contributed by atoms with Gasteiger partial charge in [-0.15, -0.1) is 0 Å². The van der Waals surface area contributed by atoms with E-state index in [9.17, 15) is 14.0 Å². The molecule has 2 amide bonds. The number of nitrogens with zero attached hydrogens (tertiary/aromatic N) is 2. The highest BCUT2D eigenvalue weighted by Gasteiger charge is 2.38. The first kappa shape index (κ1) is 18.9. The van der Waals surface area contributed by atoms with Crippen LogP contribution in [0.2, 0.25) is 0 Å². The van der Waals surface area contributed by atoms with Crippen molar-refractivity contribution in [3.8, 4) is 0 Å². The fourth-order valence-corrected chi connectivity index (χ4v) is 4.84. The zero-order valence-corrected chi connectivity index (χ0v) is 16.7. The van der Waals surface area contributed by atoms with E-state index < -0.39 is 0 Å². The van der Waals surface area contributed by atoms with Crippen molar-refractivity contribution in [1.82, 2.24) is 9.88 Å². The topological polar surface area (TPSA) is 56.4 Å². The molecule has 0 spiro atoms. The third-order valence-electron chi connectivity index (χ3n) is 6.48. The molecule has 1 aromatic heterocycles. The summed E-state index contributed by atoms with van der Waals surface area (Å²) in [6, 6.07) is 14.2. The number of hydrogen-bond acceptors (Lipinski definition) is 2. The van der Waals surface area contributed by atoms with E-state index in [0.29, 0.717) is 31.2 Å². The van der Waals surface area contributed by atoms with Crippen LogP contribution < -0.4 is 4.90 Å². The summed E-state index contributed by atoms with van der Waals surface area (Å²) in [5.74, 6) is -0.242. The first-order valence-electron chi connectivity index (χ1n) is 10.5. The molecule has 3 heterocycles. The first-order chi connectivity index (χ1) is 14.6. The molecule has 1 atom stereocenters. The number of rotatable bonds is 3. The summed E-state index contributed by atoms with van der Waals surface area (Å²) in [5.41, 5.74) is 3.13. The minimum Gasteiger partial charge on any atom is -0.361 e. The highest BCUT2D eigenvalue weighted by molar-refractivity contribution is 6.00. The molecular weight excluding hydrogens is 381 g/mol. The third-order valence-corrected chi connectivity index (χ3v) is 6.48. The van der Waals surface area contributed by atoms with Gasteiger partial charge in [0.05, 0.1) is 5.92 Å². The summed E-state index contributed by atoms with van der Waals surface area (Å²) in [6.45, 7) is 1.79. The molecule has 2 aromatic carbocycles. The largest absolute Gasteiger partial charge is 0.361 e. The lowest BCUT2D eigenvalue weighted by atomic mass is 9.88. The average Bonchev–Trinajstić information content (AvgIpc) is 3.38. The number of aromatic nitrogens is 1. The Hall–Kier alpha value is -3.15. The van der Waals surface area contributed by atoms with Crippen LogP contribution in [0, 0.1) is 11.7 Å². The van der Waals surface area contributed by atoms with E-state index in [0.717, 1.165) is 18.4 Å². The Morgan fingerprint density at radius 3 is 2.53 bits per heavy atom. The maximum atomic E-state index is 13.2. The summed E-state index contributed by atoms with van der Waals surface area (Å²) in [5, 5.41) is 1.26. The van der Waals surface area contributed by atoms with Crippen LogP contribution in [0.5, 0.6) is 0 Å². The van der Waals surface area contributed by atoms with Crippen LogP contribution in [0.25, 0.3) is 10.9 Å². The van der Waals surface area contributed by atoms with Crippen LogP contribution in [0.15, 0.2) is 54.7 Å². The molecule has 3 aromatic rings. The van der Waals surface area contributed by atoms with E-state index in [1.54, 1.807) is 17.0 Å². The molecule has 5 rings (SSSR count). The van der Waals surface area contributed by atoms with Gasteiger partial charge in [-0.2, -0.15) is 0 Å². The first-order valence-corrected chi connectivity index (χ1v) is 10.5. The van der Waals surface area contributed by atoms with Gasteiger partial charge in [0, 0.05) is 48.8 Å². The number of anilines is 1. The lowest BCUT2D eigenvalue weighted by Gasteiger charge is -2.33. The molecular formula is C24H24FN3O2. The van der Waals surface area contributed by atoms with Crippen LogP contribution in [0.3, 0.4) is 0 Å². The molecule has 2 aliphatic rings. The van der Waals surface area contributed by atoms with Crippen LogP contribution >= 0.6 is 0 Å². The van der Waals surface area contributed by atoms with Crippen molar-refractivity contribution in [3.63, 3.8) is 0 Å².